The molecule has 2 nitrogen and oxygen atoms in total. The molecule has 1 saturated heterocycles. The Labute approximate surface area is 92.6 Å². The zero-order chi connectivity index (χ0) is 10.7. The highest BCUT2D eigenvalue weighted by Gasteiger charge is 2.26. The fourth-order valence-electron chi connectivity index (χ4n) is 2.31. The van der Waals surface area contributed by atoms with E-state index in [1.165, 1.54) is 18.4 Å². The molecule has 2 heteroatoms. The van der Waals surface area contributed by atoms with Crippen LogP contribution in [0.15, 0.2) is 11.6 Å². The topological polar surface area (TPSA) is 18.5 Å². The molecular formula is C13H22O2. The van der Waals surface area contributed by atoms with Gasteiger partial charge in [0.2, 0.25) is 0 Å². The molecule has 0 aromatic heterocycles. The highest BCUT2D eigenvalue weighted by molar-refractivity contribution is 5.16. The molecule has 15 heavy (non-hydrogen) atoms. The molecule has 0 aromatic rings. The monoisotopic (exact) mass is 210 g/mol. The van der Waals surface area contributed by atoms with E-state index in [4.69, 9.17) is 9.47 Å². The summed E-state index contributed by atoms with van der Waals surface area (Å²) in [4.78, 5) is 0. The van der Waals surface area contributed by atoms with Gasteiger partial charge in [-0.25, -0.2) is 0 Å². The van der Waals surface area contributed by atoms with E-state index in [0.717, 1.165) is 26.1 Å². The standard InChI is InChI=1S/C13H22O2/c1-10(2)9-15-12-5-6-13-11(8-12)4-3-7-14-13/h8,10,12-13H,3-7,9H2,1-2H3/t12-,13+/m0/s1. The molecule has 0 unspecified atom stereocenters. The quantitative estimate of drug-likeness (QED) is 0.667. The Balaban J connectivity index is 1.88. The van der Waals surface area contributed by atoms with Gasteiger partial charge >= 0.3 is 0 Å². The van der Waals surface area contributed by atoms with E-state index in [0.29, 0.717) is 18.1 Å². The van der Waals surface area contributed by atoms with E-state index in [1.807, 2.05) is 0 Å². The molecule has 0 aromatic carbocycles. The minimum absolute atomic E-state index is 0.348. The van der Waals surface area contributed by atoms with E-state index in [2.05, 4.69) is 19.9 Å². The van der Waals surface area contributed by atoms with Gasteiger partial charge in [0.05, 0.1) is 12.2 Å². The van der Waals surface area contributed by atoms with Crippen LogP contribution in [0.5, 0.6) is 0 Å². The Kier molecular flexibility index (Phi) is 3.81. The van der Waals surface area contributed by atoms with Gasteiger partial charge in [-0.1, -0.05) is 19.9 Å². The first-order valence-corrected chi connectivity index (χ1v) is 6.19. The molecule has 1 fully saturated rings. The van der Waals surface area contributed by atoms with E-state index in [9.17, 15) is 0 Å². The van der Waals surface area contributed by atoms with E-state index in [1.54, 1.807) is 0 Å². The van der Waals surface area contributed by atoms with Gasteiger partial charge in [0.25, 0.3) is 0 Å². The zero-order valence-corrected chi connectivity index (χ0v) is 9.87. The molecule has 0 N–H and O–H groups in total. The third-order valence-corrected chi connectivity index (χ3v) is 3.10. The summed E-state index contributed by atoms with van der Waals surface area (Å²) in [6.07, 6.45) is 7.74. The van der Waals surface area contributed by atoms with Crippen LogP contribution in [0.4, 0.5) is 0 Å². The Hall–Kier alpha value is -0.340. The van der Waals surface area contributed by atoms with Crippen molar-refractivity contribution in [2.75, 3.05) is 13.2 Å². The Bertz CT molecular complexity index is 233. The largest absolute Gasteiger partial charge is 0.374 e. The molecule has 1 heterocycles. The van der Waals surface area contributed by atoms with Crippen molar-refractivity contribution in [3.05, 3.63) is 11.6 Å². The lowest BCUT2D eigenvalue weighted by Gasteiger charge is -2.32. The molecule has 1 aliphatic carbocycles. The number of fused-ring (bicyclic) bond motifs is 1. The molecule has 86 valence electrons. The second kappa shape index (κ2) is 5.13. The van der Waals surface area contributed by atoms with Crippen LogP contribution >= 0.6 is 0 Å². The van der Waals surface area contributed by atoms with Gasteiger partial charge < -0.3 is 9.47 Å². The first-order chi connectivity index (χ1) is 7.25. The van der Waals surface area contributed by atoms with Crippen LogP contribution in [-0.4, -0.2) is 25.4 Å². The number of hydrogen-bond acceptors (Lipinski definition) is 2. The van der Waals surface area contributed by atoms with Crippen molar-refractivity contribution in [3.63, 3.8) is 0 Å². The van der Waals surface area contributed by atoms with Crippen molar-refractivity contribution in [1.29, 1.82) is 0 Å². The highest BCUT2D eigenvalue weighted by atomic mass is 16.5. The third kappa shape index (κ3) is 3.05. The fourth-order valence-corrected chi connectivity index (χ4v) is 2.31. The van der Waals surface area contributed by atoms with E-state index in [-0.39, 0.29) is 0 Å². The van der Waals surface area contributed by atoms with Gasteiger partial charge in [0.1, 0.15) is 0 Å². The van der Waals surface area contributed by atoms with Gasteiger partial charge in [-0.3, -0.25) is 0 Å². The Morgan fingerprint density at radius 2 is 2.33 bits per heavy atom. The summed E-state index contributed by atoms with van der Waals surface area (Å²) in [6, 6.07) is 0. The molecule has 0 amide bonds. The van der Waals surface area contributed by atoms with Gasteiger partial charge in [-0.05, 0) is 37.2 Å². The molecular weight excluding hydrogens is 188 g/mol. The maximum absolute atomic E-state index is 5.86. The average Bonchev–Trinajstić information content (AvgIpc) is 2.26. The van der Waals surface area contributed by atoms with Crippen LogP contribution in [0.1, 0.15) is 39.5 Å². The maximum Gasteiger partial charge on any atom is 0.0787 e. The summed E-state index contributed by atoms with van der Waals surface area (Å²) in [5.74, 6) is 0.628. The van der Waals surface area contributed by atoms with Crippen molar-refractivity contribution >= 4 is 0 Å². The van der Waals surface area contributed by atoms with Crippen molar-refractivity contribution in [3.8, 4) is 0 Å². The summed E-state index contributed by atoms with van der Waals surface area (Å²) in [7, 11) is 0. The predicted molar refractivity (Wildman–Crippen MR) is 60.9 cm³/mol. The lowest BCUT2D eigenvalue weighted by molar-refractivity contribution is 0.00653. The molecule has 0 bridgehead atoms. The highest BCUT2D eigenvalue weighted by Crippen LogP contribution is 2.30. The lowest BCUT2D eigenvalue weighted by Crippen LogP contribution is -2.30. The number of hydrogen-bond donors (Lipinski definition) is 0. The van der Waals surface area contributed by atoms with Gasteiger partial charge in [0, 0.05) is 13.2 Å². The van der Waals surface area contributed by atoms with Crippen LogP contribution in [-0.2, 0) is 9.47 Å². The Morgan fingerprint density at radius 1 is 1.47 bits per heavy atom. The SMILES string of the molecule is CC(C)CO[C@@H]1C=C2CCCO[C@@H]2CC1. The maximum atomic E-state index is 5.86. The smallest absolute Gasteiger partial charge is 0.0787 e. The number of rotatable bonds is 3. The minimum atomic E-state index is 0.348. The van der Waals surface area contributed by atoms with E-state index >= 15 is 0 Å². The average molecular weight is 210 g/mol. The first-order valence-electron chi connectivity index (χ1n) is 6.19. The summed E-state index contributed by atoms with van der Waals surface area (Å²) >= 11 is 0. The van der Waals surface area contributed by atoms with Crippen molar-refractivity contribution in [2.45, 2.75) is 51.7 Å². The fraction of sp³-hybridized carbons (Fsp3) is 0.846. The summed E-state index contributed by atoms with van der Waals surface area (Å²) in [5.41, 5.74) is 1.49. The Morgan fingerprint density at radius 3 is 3.13 bits per heavy atom. The molecule has 2 aliphatic rings. The lowest BCUT2D eigenvalue weighted by atomic mass is 9.90. The van der Waals surface area contributed by atoms with Gasteiger partial charge in [-0.2, -0.15) is 0 Å². The van der Waals surface area contributed by atoms with E-state index < -0.39 is 0 Å². The van der Waals surface area contributed by atoms with Crippen LogP contribution in [0.3, 0.4) is 0 Å². The van der Waals surface area contributed by atoms with Crippen LogP contribution in [0.2, 0.25) is 0 Å². The molecule has 2 atom stereocenters. The molecule has 1 aliphatic heterocycles. The molecule has 0 radical (unpaired) electrons. The second-order valence-corrected chi connectivity index (χ2v) is 5.05. The van der Waals surface area contributed by atoms with Crippen LogP contribution in [0, 0.1) is 5.92 Å². The first kappa shape index (κ1) is 11.2. The van der Waals surface area contributed by atoms with Crippen molar-refractivity contribution in [1.82, 2.24) is 0 Å². The summed E-state index contributed by atoms with van der Waals surface area (Å²) < 4.78 is 11.6. The second-order valence-electron chi connectivity index (χ2n) is 5.05. The third-order valence-electron chi connectivity index (χ3n) is 3.10. The van der Waals surface area contributed by atoms with Gasteiger partial charge in [0.15, 0.2) is 0 Å². The molecule has 2 rings (SSSR count). The van der Waals surface area contributed by atoms with Gasteiger partial charge in [-0.15, -0.1) is 0 Å². The summed E-state index contributed by atoms with van der Waals surface area (Å²) in [6.45, 7) is 6.21. The van der Waals surface area contributed by atoms with Crippen LogP contribution in [0.25, 0.3) is 0 Å². The molecule has 0 spiro atoms. The normalized spacial score (nSPS) is 31.3. The van der Waals surface area contributed by atoms with Crippen molar-refractivity contribution < 1.29 is 9.47 Å². The van der Waals surface area contributed by atoms with Crippen molar-refractivity contribution in [2.24, 2.45) is 5.92 Å². The van der Waals surface area contributed by atoms with Crippen LogP contribution < -0.4 is 0 Å². The predicted octanol–water partition coefficient (Wildman–Crippen LogP) is 2.93. The number of ether oxygens (including phenoxy) is 2. The zero-order valence-electron chi connectivity index (χ0n) is 9.87. The minimum Gasteiger partial charge on any atom is -0.374 e. The summed E-state index contributed by atoms with van der Waals surface area (Å²) in [5, 5.41) is 0. The molecule has 0 saturated carbocycles.